The second-order valence-electron chi connectivity index (χ2n) is 6.64. The molecule has 2 aromatic rings. The van der Waals surface area contributed by atoms with E-state index in [9.17, 15) is 9.59 Å². The van der Waals surface area contributed by atoms with Crippen molar-refractivity contribution in [3.8, 4) is 0 Å². The largest absolute Gasteiger partial charge is 0.462 e. The maximum absolute atomic E-state index is 13.2. The lowest BCUT2D eigenvalue weighted by Gasteiger charge is -2.18. The molecule has 0 radical (unpaired) electrons. The fourth-order valence-electron chi connectivity index (χ4n) is 3.44. The van der Waals surface area contributed by atoms with E-state index < -0.39 is 5.97 Å². The van der Waals surface area contributed by atoms with Gasteiger partial charge in [0.25, 0.3) is 0 Å². The Morgan fingerprint density at radius 1 is 1.15 bits per heavy atom. The molecule has 0 aliphatic carbocycles. The van der Waals surface area contributed by atoms with Gasteiger partial charge in [-0.3, -0.25) is 4.79 Å². The van der Waals surface area contributed by atoms with E-state index in [1.807, 2.05) is 68.9 Å². The molecule has 0 saturated carbocycles. The first-order chi connectivity index (χ1) is 12.9. The van der Waals surface area contributed by atoms with Crippen molar-refractivity contribution in [2.75, 3.05) is 13.7 Å². The van der Waals surface area contributed by atoms with Crippen molar-refractivity contribution in [2.45, 2.75) is 20.8 Å². The summed E-state index contributed by atoms with van der Waals surface area (Å²) >= 11 is 0. The molecular weight excluding hydrogens is 340 g/mol. The summed E-state index contributed by atoms with van der Waals surface area (Å²) in [5.41, 5.74) is 5.05. The van der Waals surface area contributed by atoms with E-state index in [1.54, 1.807) is 11.8 Å². The Bertz CT molecular complexity index is 965. The van der Waals surface area contributed by atoms with Gasteiger partial charge in [0.1, 0.15) is 5.57 Å². The Morgan fingerprint density at radius 2 is 1.81 bits per heavy atom. The second kappa shape index (κ2) is 7.27. The van der Waals surface area contributed by atoms with Crippen molar-refractivity contribution < 1.29 is 14.3 Å². The number of carbonyl (C=O) groups is 2. The number of ketones is 1. The third-order valence-corrected chi connectivity index (χ3v) is 4.91. The van der Waals surface area contributed by atoms with Crippen LogP contribution in [-0.2, 0) is 21.4 Å². The van der Waals surface area contributed by atoms with E-state index >= 15 is 0 Å². The molecule has 3 rings (SSSR count). The lowest BCUT2D eigenvalue weighted by Crippen LogP contribution is -2.15. The van der Waals surface area contributed by atoms with Gasteiger partial charge in [0, 0.05) is 25.5 Å². The van der Waals surface area contributed by atoms with E-state index in [0.717, 1.165) is 22.5 Å². The van der Waals surface area contributed by atoms with E-state index in [1.165, 1.54) is 0 Å². The molecular formula is C22H24N2O3. The van der Waals surface area contributed by atoms with Gasteiger partial charge in [0.15, 0.2) is 0 Å². The van der Waals surface area contributed by atoms with Crippen molar-refractivity contribution in [3.05, 3.63) is 70.2 Å². The number of carbonyl (C=O) groups excluding carboxylic acids is 2. The average Bonchev–Trinajstić information content (AvgIpc) is 3.03. The van der Waals surface area contributed by atoms with Crippen LogP contribution < -0.4 is 0 Å². The zero-order valence-corrected chi connectivity index (χ0v) is 16.4. The van der Waals surface area contributed by atoms with Crippen LogP contribution in [0.15, 0.2) is 47.7 Å². The first-order valence-electron chi connectivity index (χ1n) is 8.96. The number of nitrogens with zero attached hydrogens (tertiary/aromatic N) is 2. The maximum Gasteiger partial charge on any atom is 0.344 e. The SMILES string of the molecule is CCOC(=O)C1=C(c2ccccc2)N(C)/C(=C\c2c(C)cc(C)n2C)C1=O. The highest BCUT2D eigenvalue weighted by atomic mass is 16.5. The van der Waals surface area contributed by atoms with Crippen LogP contribution in [0.1, 0.15) is 29.4 Å². The highest BCUT2D eigenvalue weighted by Gasteiger charge is 2.38. The van der Waals surface area contributed by atoms with Gasteiger partial charge in [-0.1, -0.05) is 30.3 Å². The molecule has 1 aliphatic heterocycles. The molecule has 0 amide bonds. The first-order valence-corrected chi connectivity index (χ1v) is 8.96. The van der Waals surface area contributed by atoms with Crippen molar-refractivity contribution in [2.24, 2.45) is 7.05 Å². The molecule has 0 N–H and O–H groups in total. The molecule has 0 atom stereocenters. The number of hydrogen-bond acceptors (Lipinski definition) is 4. The van der Waals surface area contributed by atoms with E-state index in [-0.39, 0.29) is 18.0 Å². The number of aryl methyl sites for hydroxylation is 2. The molecule has 5 heteroatoms. The normalized spacial score (nSPS) is 15.8. The zero-order chi connectivity index (χ0) is 19.7. The summed E-state index contributed by atoms with van der Waals surface area (Å²) in [6, 6.07) is 11.5. The number of likely N-dealkylation sites (N-methyl/N-ethyl adjacent to an activating group) is 1. The Labute approximate surface area is 159 Å². The molecule has 1 aromatic carbocycles. The Kier molecular flexibility index (Phi) is 5.04. The van der Waals surface area contributed by atoms with Gasteiger partial charge >= 0.3 is 5.97 Å². The number of ether oxygens (including phenoxy) is 1. The van der Waals surface area contributed by atoms with Gasteiger partial charge in [0.05, 0.1) is 18.0 Å². The number of rotatable bonds is 4. The molecule has 140 valence electrons. The van der Waals surface area contributed by atoms with E-state index in [0.29, 0.717) is 11.4 Å². The van der Waals surface area contributed by atoms with Crippen LogP contribution in [-0.4, -0.2) is 34.9 Å². The third-order valence-electron chi connectivity index (χ3n) is 4.91. The summed E-state index contributed by atoms with van der Waals surface area (Å²) in [4.78, 5) is 27.5. The Balaban J connectivity index is 2.16. The number of Topliss-reactive ketones (excluding diaryl/α,β-unsaturated/α-hetero) is 1. The highest BCUT2D eigenvalue weighted by molar-refractivity contribution is 6.32. The molecule has 0 bridgehead atoms. The molecule has 2 heterocycles. The zero-order valence-electron chi connectivity index (χ0n) is 16.4. The predicted molar refractivity (Wildman–Crippen MR) is 106 cm³/mol. The van der Waals surface area contributed by atoms with Gasteiger partial charge in [0.2, 0.25) is 5.78 Å². The Hall–Kier alpha value is -3.08. The maximum atomic E-state index is 13.2. The Morgan fingerprint density at radius 3 is 2.37 bits per heavy atom. The third kappa shape index (κ3) is 3.21. The summed E-state index contributed by atoms with van der Waals surface area (Å²) in [5, 5.41) is 0. The van der Waals surface area contributed by atoms with Crippen LogP contribution >= 0.6 is 0 Å². The van der Waals surface area contributed by atoms with Gasteiger partial charge in [-0.25, -0.2) is 4.79 Å². The van der Waals surface area contributed by atoms with Gasteiger partial charge in [-0.15, -0.1) is 0 Å². The quantitative estimate of drug-likeness (QED) is 0.474. The molecule has 27 heavy (non-hydrogen) atoms. The summed E-state index contributed by atoms with van der Waals surface area (Å²) in [7, 11) is 3.77. The average molecular weight is 364 g/mol. The molecule has 0 spiro atoms. The minimum Gasteiger partial charge on any atom is -0.462 e. The topological polar surface area (TPSA) is 51.5 Å². The van der Waals surface area contributed by atoms with Crippen LogP contribution in [0.2, 0.25) is 0 Å². The van der Waals surface area contributed by atoms with Crippen LogP contribution in [0.3, 0.4) is 0 Å². The summed E-state index contributed by atoms with van der Waals surface area (Å²) in [5.74, 6) is -0.899. The fraction of sp³-hybridized carbons (Fsp3) is 0.273. The summed E-state index contributed by atoms with van der Waals surface area (Å²) < 4.78 is 7.21. The minimum atomic E-state index is -0.587. The monoisotopic (exact) mass is 364 g/mol. The van der Waals surface area contributed by atoms with Gasteiger partial charge in [-0.05, 0) is 44.0 Å². The van der Waals surface area contributed by atoms with E-state index in [4.69, 9.17) is 4.74 Å². The smallest absolute Gasteiger partial charge is 0.344 e. The van der Waals surface area contributed by atoms with Crippen molar-refractivity contribution in [1.29, 1.82) is 0 Å². The lowest BCUT2D eigenvalue weighted by atomic mass is 10.1. The number of allylic oxidation sites excluding steroid dienone is 1. The van der Waals surface area contributed by atoms with Gasteiger partial charge < -0.3 is 14.2 Å². The minimum absolute atomic E-state index is 0.0837. The van der Waals surface area contributed by atoms with Crippen LogP contribution in [0.4, 0.5) is 0 Å². The van der Waals surface area contributed by atoms with Crippen molar-refractivity contribution in [3.63, 3.8) is 0 Å². The van der Waals surface area contributed by atoms with Crippen LogP contribution in [0.5, 0.6) is 0 Å². The van der Waals surface area contributed by atoms with E-state index in [2.05, 4.69) is 6.07 Å². The molecule has 0 saturated heterocycles. The van der Waals surface area contributed by atoms with Crippen LogP contribution in [0.25, 0.3) is 11.8 Å². The highest BCUT2D eigenvalue weighted by Crippen LogP contribution is 2.36. The standard InChI is InChI=1S/C22H24N2O3/c1-6-27-22(26)19-20(16-10-8-7-9-11-16)24(5)18(21(19)25)13-17-14(2)12-15(3)23(17)4/h7-13H,6H2,1-5H3/b18-13-. The molecule has 0 unspecified atom stereocenters. The number of esters is 1. The second-order valence-corrected chi connectivity index (χ2v) is 6.64. The van der Waals surface area contributed by atoms with Crippen molar-refractivity contribution >= 4 is 23.5 Å². The number of benzene rings is 1. The molecule has 1 aliphatic rings. The molecule has 5 nitrogen and oxygen atoms in total. The molecule has 0 fully saturated rings. The predicted octanol–water partition coefficient (Wildman–Crippen LogP) is 3.47. The van der Waals surface area contributed by atoms with Gasteiger partial charge in [-0.2, -0.15) is 0 Å². The number of aromatic nitrogens is 1. The fourth-order valence-corrected chi connectivity index (χ4v) is 3.44. The first kappa shape index (κ1) is 18.7. The number of hydrogen-bond donors (Lipinski definition) is 0. The molecule has 1 aromatic heterocycles. The van der Waals surface area contributed by atoms with Crippen LogP contribution in [0, 0.1) is 13.8 Å². The summed E-state index contributed by atoms with van der Waals surface area (Å²) in [6.45, 7) is 5.98. The summed E-state index contributed by atoms with van der Waals surface area (Å²) in [6.07, 6.45) is 1.85. The van der Waals surface area contributed by atoms with Crippen molar-refractivity contribution in [1.82, 2.24) is 9.47 Å². The lowest BCUT2D eigenvalue weighted by molar-refractivity contribution is -0.139.